The van der Waals surface area contributed by atoms with E-state index < -0.39 is 0 Å². The summed E-state index contributed by atoms with van der Waals surface area (Å²) in [6, 6.07) is 9.59. The molecule has 112 valence electrons. The molecule has 0 fully saturated rings. The molecule has 3 rings (SSSR count). The van der Waals surface area contributed by atoms with Crippen LogP contribution in [-0.4, -0.2) is 15.0 Å². The highest BCUT2D eigenvalue weighted by atomic mass is 35.5. The Morgan fingerprint density at radius 1 is 1.14 bits per heavy atom. The van der Waals surface area contributed by atoms with E-state index in [1.54, 1.807) is 23.6 Å². The van der Waals surface area contributed by atoms with Crippen molar-refractivity contribution in [1.29, 1.82) is 0 Å². The van der Waals surface area contributed by atoms with E-state index in [0.29, 0.717) is 24.1 Å². The van der Waals surface area contributed by atoms with E-state index >= 15 is 0 Å². The van der Waals surface area contributed by atoms with Gasteiger partial charge in [-0.05, 0) is 17.7 Å². The van der Waals surface area contributed by atoms with Gasteiger partial charge in [-0.15, -0.1) is 11.3 Å². The molecule has 2 aromatic heterocycles. The Labute approximate surface area is 137 Å². The summed E-state index contributed by atoms with van der Waals surface area (Å²) in [5.74, 6) is 1.52. The number of thiazole rings is 1. The predicted octanol–water partition coefficient (Wildman–Crippen LogP) is 3.78. The van der Waals surface area contributed by atoms with Crippen LogP contribution in [0.25, 0.3) is 0 Å². The van der Waals surface area contributed by atoms with Crippen LogP contribution in [0.1, 0.15) is 10.6 Å². The lowest BCUT2D eigenvalue weighted by Crippen LogP contribution is -2.01. The fraction of sp³-hybridized carbons (Fsp3) is 0.133. The van der Waals surface area contributed by atoms with Gasteiger partial charge >= 0.3 is 0 Å². The summed E-state index contributed by atoms with van der Waals surface area (Å²) in [7, 11) is 0. The number of anilines is 1. The number of aromatic nitrogens is 3. The lowest BCUT2D eigenvalue weighted by molar-refractivity contribution is 0.305. The van der Waals surface area contributed by atoms with Crippen LogP contribution in [0.3, 0.4) is 0 Å². The van der Waals surface area contributed by atoms with Crippen LogP contribution in [0.5, 0.6) is 5.75 Å². The molecule has 0 saturated carbocycles. The summed E-state index contributed by atoms with van der Waals surface area (Å²) < 4.78 is 5.67. The number of ether oxygens (including phenoxy) is 1. The predicted molar refractivity (Wildman–Crippen MR) is 87.3 cm³/mol. The van der Waals surface area contributed by atoms with E-state index in [0.717, 1.165) is 16.3 Å². The first kappa shape index (κ1) is 14.7. The van der Waals surface area contributed by atoms with Gasteiger partial charge in [0.1, 0.15) is 34.7 Å². The summed E-state index contributed by atoms with van der Waals surface area (Å²) in [4.78, 5) is 12.1. The molecule has 0 aliphatic carbocycles. The van der Waals surface area contributed by atoms with Crippen LogP contribution in [0.4, 0.5) is 5.82 Å². The number of hydrogen-bond donors (Lipinski definition) is 1. The van der Waals surface area contributed by atoms with Gasteiger partial charge in [-0.1, -0.05) is 23.7 Å². The maximum Gasteiger partial charge on any atom is 0.140 e. The van der Waals surface area contributed by atoms with Gasteiger partial charge in [0.2, 0.25) is 0 Å². The Hall–Kier alpha value is -2.18. The lowest BCUT2D eigenvalue weighted by atomic mass is 10.2. The highest BCUT2D eigenvalue weighted by molar-refractivity contribution is 7.09. The van der Waals surface area contributed by atoms with Gasteiger partial charge in [-0.25, -0.2) is 15.0 Å². The van der Waals surface area contributed by atoms with Crippen LogP contribution in [0.2, 0.25) is 5.15 Å². The van der Waals surface area contributed by atoms with Crippen LogP contribution in [-0.2, 0) is 13.2 Å². The molecule has 0 bridgehead atoms. The zero-order chi connectivity index (χ0) is 15.2. The van der Waals surface area contributed by atoms with Gasteiger partial charge in [0.05, 0.1) is 0 Å². The average molecular weight is 333 g/mol. The Morgan fingerprint density at radius 3 is 2.73 bits per heavy atom. The summed E-state index contributed by atoms with van der Waals surface area (Å²) >= 11 is 7.40. The van der Waals surface area contributed by atoms with Gasteiger partial charge in [-0.2, -0.15) is 0 Å². The third-order valence-corrected chi connectivity index (χ3v) is 3.84. The molecule has 0 aliphatic rings. The fourth-order valence-corrected chi connectivity index (χ4v) is 2.47. The third kappa shape index (κ3) is 4.16. The molecule has 3 aromatic rings. The largest absolute Gasteiger partial charge is 0.486 e. The molecule has 0 atom stereocenters. The molecule has 22 heavy (non-hydrogen) atoms. The molecule has 0 spiro atoms. The number of nitrogens with zero attached hydrogens (tertiary/aromatic N) is 3. The van der Waals surface area contributed by atoms with E-state index in [1.807, 2.05) is 29.6 Å². The van der Waals surface area contributed by atoms with Crippen LogP contribution in [0, 0.1) is 0 Å². The van der Waals surface area contributed by atoms with Crippen molar-refractivity contribution >= 4 is 28.8 Å². The molecule has 0 unspecified atom stereocenters. The molecular weight excluding hydrogens is 320 g/mol. The van der Waals surface area contributed by atoms with Gasteiger partial charge in [-0.3, -0.25) is 0 Å². The van der Waals surface area contributed by atoms with Crippen LogP contribution < -0.4 is 10.1 Å². The molecule has 5 nitrogen and oxygen atoms in total. The van der Waals surface area contributed by atoms with Crippen molar-refractivity contribution in [2.45, 2.75) is 13.2 Å². The molecule has 7 heteroatoms. The molecule has 1 aromatic carbocycles. The lowest BCUT2D eigenvalue weighted by Gasteiger charge is -2.07. The highest BCUT2D eigenvalue weighted by Gasteiger charge is 2.00. The summed E-state index contributed by atoms with van der Waals surface area (Å²) in [5.41, 5.74) is 1.12. The molecular formula is C15H13ClN4OS. The maximum atomic E-state index is 5.81. The topological polar surface area (TPSA) is 59.9 Å². The molecule has 2 heterocycles. The number of benzene rings is 1. The zero-order valence-corrected chi connectivity index (χ0v) is 13.1. The van der Waals surface area contributed by atoms with Gasteiger partial charge < -0.3 is 10.1 Å². The van der Waals surface area contributed by atoms with E-state index in [-0.39, 0.29) is 0 Å². The van der Waals surface area contributed by atoms with E-state index in [4.69, 9.17) is 16.3 Å². The average Bonchev–Trinajstić information content (AvgIpc) is 3.05. The van der Waals surface area contributed by atoms with E-state index in [1.165, 1.54) is 6.33 Å². The van der Waals surface area contributed by atoms with Gasteiger partial charge in [0.15, 0.2) is 0 Å². The van der Waals surface area contributed by atoms with Crippen molar-refractivity contribution in [2.24, 2.45) is 0 Å². The van der Waals surface area contributed by atoms with Crippen molar-refractivity contribution in [1.82, 2.24) is 15.0 Å². The van der Waals surface area contributed by atoms with E-state index in [2.05, 4.69) is 20.3 Å². The summed E-state index contributed by atoms with van der Waals surface area (Å²) in [5, 5.41) is 6.51. The van der Waals surface area contributed by atoms with Crippen molar-refractivity contribution in [2.75, 3.05) is 5.32 Å². The SMILES string of the molecule is Clc1cc(NCc2ccc(OCc3nccs3)cc2)ncn1. The van der Waals surface area contributed by atoms with Crippen molar-refractivity contribution < 1.29 is 4.74 Å². The number of rotatable bonds is 6. The quantitative estimate of drug-likeness (QED) is 0.696. The number of nitrogens with one attached hydrogen (secondary N) is 1. The monoisotopic (exact) mass is 332 g/mol. The zero-order valence-electron chi connectivity index (χ0n) is 11.6. The second-order valence-electron chi connectivity index (χ2n) is 4.44. The Bertz CT molecular complexity index is 719. The van der Waals surface area contributed by atoms with Crippen molar-refractivity contribution in [3.8, 4) is 5.75 Å². The first-order chi connectivity index (χ1) is 10.8. The first-order valence-electron chi connectivity index (χ1n) is 6.61. The number of halogens is 1. The second-order valence-corrected chi connectivity index (χ2v) is 5.80. The molecule has 0 aliphatic heterocycles. The van der Waals surface area contributed by atoms with Gasteiger partial charge in [0.25, 0.3) is 0 Å². The summed E-state index contributed by atoms with van der Waals surface area (Å²) in [6.07, 6.45) is 3.21. The molecule has 0 saturated heterocycles. The standard InChI is InChI=1S/C15H13ClN4OS/c16-13-7-14(20-10-19-13)18-8-11-1-3-12(4-2-11)21-9-15-17-5-6-22-15/h1-7,10H,8-9H2,(H,18,19,20). The Balaban J connectivity index is 1.53. The van der Waals surface area contributed by atoms with Crippen LogP contribution in [0.15, 0.2) is 48.2 Å². The van der Waals surface area contributed by atoms with Gasteiger partial charge in [0, 0.05) is 24.2 Å². The molecule has 0 amide bonds. The normalized spacial score (nSPS) is 10.4. The molecule has 1 N–H and O–H groups in total. The Morgan fingerprint density at radius 2 is 2.00 bits per heavy atom. The highest BCUT2D eigenvalue weighted by Crippen LogP contribution is 2.16. The van der Waals surface area contributed by atoms with E-state index in [9.17, 15) is 0 Å². The van der Waals surface area contributed by atoms with Crippen LogP contribution >= 0.6 is 22.9 Å². The third-order valence-electron chi connectivity index (χ3n) is 2.88. The molecule has 0 radical (unpaired) electrons. The fourth-order valence-electron chi connectivity index (χ4n) is 1.80. The summed E-state index contributed by atoms with van der Waals surface area (Å²) in [6.45, 7) is 1.15. The minimum atomic E-state index is 0.420. The first-order valence-corrected chi connectivity index (χ1v) is 7.87. The minimum absolute atomic E-state index is 0.420. The minimum Gasteiger partial charge on any atom is -0.486 e. The second kappa shape index (κ2) is 7.20. The Kier molecular flexibility index (Phi) is 4.82. The maximum absolute atomic E-state index is 5.81. The van der Waals surface area contributed by atoms with Crippen molar-refractivity contribution in [3.05, 3.63) is 64.0 Å². The number of hydrogen-bond acceptors (Lipinski definition) is 6. The van der Waals surface area contributed by atoms with Crippen molar-refractivity contribution in [3.63, 3.8) is 0 Å². The smallest absolute Gasteiger partial charge is 0.140 e.